The van der Waals surface area contributed by atoms with E-state index >= 15 is 0 Å². The van der Waals surface area contributed by atoms with E-state index in [2.05, 4.69) is 12.2 Å². The van der Waals surface area contributed by atoms with Crippen molar-refractivity contribution >= 4 is 17.6 Å². The van der Waals surface area contributed by atoms with E-state index in [1.54, 1.807) is 7.05 Å². The van der Waals surface area contributed by atoms with Crippen LogP contribution in [-0.2, 0) is 4.79 Å². The van der Waals surface area contributed by atoms with E-state index < -0.39 is 0 Å². The van der Waals surface area contributed by atoms with Crippen LogP contribution in [0.25, 0.3) is 0 Å². The van der Waals surface area contributed by atoms with Gasteiger partial charge in [0.15, 0.2) is 0 Å². The number of urea groups is 1. The minimum absolute atomic E-state index is 0.00665. The highest BCUT2D eigenvalue weighted by Crippen LogP contribution is 2.29. The number of hydrogen-bond donors (Lipinski definition) is 1. The molecular formula is C19H26N4O2. The monoisotopic (exact) mass is 342 g/mol. The first-order valence-electron chi connectivity index (χ1n) is 8.77. The lowest BCUT2D eigenvalue weighted by Crippen LogP contribution is -2.46. The van der Waals surface area contributed by atoms with Crippen molar-refractivity contribution in [3.05, 3.63) is 30.3 Å². The summed E-state index contributed by atoms with van der Waals surface area (Å²) in [5.74, 6) is 0.571. The Hall–Kier alpha value is -2.55. The Balaban J connectivity index is 1.91. The third-order valence-corrected chi connectivity index (χ3v) is 4.90. The van der Waals surface area contributed by atoms with Gasteiger partial charge in [-0.05, 0) is 30.4 Å². The van der Waals surface area contributed by atoms with Gasteiger partial charge in [0.2, 0.25) is 5.91 Å². The standard InChI is InChI=1S/C19H26N4O2/c1-3-15-14-23(19(25)21-17-7-5-4-6-8-17)11-9-16(15)13-18(24)22(2)12-10-20/h4-8,15-16H,3,9,11-14H2,1-2H3,(H,21,25)/t15-,16-/m0/s1. The molecule has 1 aromatic rings. The average Bonchev–Trinajstić information content (AvgIpc) is 2.63. The highest BCUT2D eigenvalue weighted by molar-refractivity contribution is 5.89. The van der Waals surface area contributed by atoms with Crippen molar-refractivity contribution < 1.29 is 9.59 Å². The quantitative estimate of drug-likeness (QED) is 0.836. The van der Waals surface area contributed by atoms with Crippen molar-refractivity contribution in [2.75, 3.05) is 32.0 Å². The summed E-state index contributed by atoms with van der Waals surface area (Å²) >= 11 is 0. The van der Waals surface area contributed by atoms with Crippen molar-refractivity contribution in [1.29, 1.82) is 5.26 Å². The van der Waals surface area contributed by atoms with Crippen molar-refractivity contribution in [1.82, 2.24) is 9.80 Å². The number of carbonyl (C=O) groups excluding carboxylic acids is 2. The highest BCUT2D eigenvalue weighted by atomic mass is 16.2. The smallest absolute Gasteiger partial charge is 0.321 e. The van der Waals surface area contributed by atoms with E-state index in [1.165, 1.54) is 4.90 Å². The van der Waals surface area contributed by atoms with Crippen LogP contribution in [-0.4, -0.2) is 48.4 Å². The van der Waals surface area contributed by atoms with Crippen LogP contribution < -0.4 is 5.32 Å². The Bertz CT molecular complexity index is 626. The van der Waals surface area contributed by atoms with Crippen molar-refractivity contribution in [3.8, 4) is 6.07 Å². The molecule has 25 heavy (non-hydrogen) atoms. The van der Waals surface area contributed by atoms with E-state index in [0.29, 0.717) is 25.4 Å². The number of benzene rings is 1. The van der Waals surface area contributed by atoms with Crippen molar-refractivity contribution in [2.45, 2.75) is 26.2 Å². The maximum absolute atomic E-state index is 12.5. The van der Waals surface area contributed by atoms with E-state index in [4.69, 9.17) is 5.26 Å². The van der Waals surface area contributed by atoms with Gasteiger partial charge >= 0.3 is 6.03 Å². The van der Waals surface area contributed by atoms with Gasteiger partial charge in [0, 0.05) is 32.2 Å². The molecule has 1 N–H and O–H groups in total. The molecule has 0 radical (unpaired) electrons. The number of piperidine rings is 1. The first-order valence-corrected chi connectivity index (χ1v) is 8.77. The Morgan fingerprint density at radius 2 is 2.04 bits per heavy atom. The number of rotatable bonds is 5. The summed E-state index contributed by atoms with van der Waals surface area (Å²) in [4.78, 5) is 28.0. The molecule has 2 rings (SSSR count). The zero-order chi connectivity index (χ0) is 18.2. The minimum Gasteiger partial charge on any atom is -0.332 e. The molecule has 2 atom stereocenters. The van der Waals surface area contributed by atoms with Gasteiger partial charge in [0.1, 0.15) is 6.54 Å². The van der Waals surface area contributed by atoms with Crippen LogP contribution in [0.4, 0.5) is 10.5 Å². The lowest BCUT2D eigenvalue weighted by Gasteiger charge is -2.38. The number of carbonyl (C=O) groups is 2. The van der Waals surface area contributed by atoms with Gasteiger partial charge in [-0.3, -0.25) is 4.79 Å². The molecule has 6 nitrogen and oxygen atoms in total. The van der Waals surface area contributed by atoms with Gasteiger partial charge in [-0.2, -0.15) is 5.26 Å². The SMILES string of the molecule is CC[C@H]1CN(C(=O)Nc2ccccc2)CC[C@H]1CC(=O)N(C)CC#N. The molecule has 0 aromatic heterocycles. The number of hydrogen-bond acceptors (Lipinski definition) is 3. The van der Waals surface area contributed by atoms with Gasteiger partial charge in [-0.25, -0.2) is 4.79 Å². The Morgan fingerprint density at radius 3 is 2.68 bits per heavy atom. The van der Waals surface area contributed by atoms with E-state index in [9.17, 15) is 9.59 Å². The molecular weight excluding hydrogens is 316 g/mol. The predicted octanol–water partition coefficient (Wildman–Crippen LogP) is 2.94. The van der Waals surface area contributed by atoms with Crippen LogP contribution in [0.2, 0.25) is 0 Å². The molecule has 1 aliphatic heterocycles. The van der Waals surface area contributed by atoms with E-state index in [-0.39, 0.29) is 24.4 Å². The average molecular weight is 342 g/mol. The maximum atomic E-state index is 12.5. The number of anilines is 1. The van der Waals surface area contributed by atoms with Crippen LogP contribution >= 0.6 is 0 Å². The summed E-state index contributed by atoms with van der Waals surface area (Å²) in [6.07, 6.45) is 2.19. The van der Waals surface area contributed by atoms with Crippen LogP contribution in [0.15, 0.2) is 30.3 Å². The molecule has 0 aliphatic carbocycles. The summed E-state index contributed by atoms with van der Waals surface area (Å²) in [7, 11) is 1.66. The highest BCUT2D eigenvalue weighted by Gasteiger charge is 2.32. The first-order chi connectivity index (χ1) is 12.0. The number of nitriles is 1. The minimum atomic E-state index is -0.0870. The molecule has 0 spiro atoms. The Labute approximate surface area is 149 Å². The van der Waals surface area contributed by atoms with Crippen molar-refractivity contribution in [3.63, 3.8) is 0 Å². The summed E-state index contributed by atoms with van der Waals surface area (Å²) in [6, 6.07) is 11.3. The molecule has 1 fully saturated rings. The maximum Gasteiger partial charge on any atom is 0.321 e. The van der Waals surface area contributed by atoms with Crippen LogP contribution in [0.3, 0.4) is 0 Å². The lowest BCUT2D eigenvalue weighted by atomic mass is 9.81. The number of likely N-dealkylation sites (tertiary alicyclic amines) is 1. The third-order valence-electron chi connectivity index (χ3n) is 4.90. The topological polar surface area (TPSA) is 76.4 Å². The van der Waals surface area contributed by atoms with Gasteiger partial charge < -0.3 is 15.1 Å². The number of para-hydroxylation sites is 1. The van der Waals surface area contributed by atoms with Gasteiger partial charge in [0.25, 0.3) is 0 Å². The fourth-order valence-corrected chi connectivity index (χ4v) is 3.29. The molecule has 1 aliphatic rings. The number of nitrogens with one attached hydrogen (secondary N) is 1. The Morgan fingerprint density at radius 1 is 1.32 bits per heavy atom. The Kier molecular flexibility index (Phi) is 6.81. The second-order valence-electron chi connectivity index (χ2n) is 6.57. The van der Waals surface area contributed by atoms with Gasteiger partial charge in [0.05, 0.1) is 6.07 Å². The normalized spacial score (nSPS) is 19.8. The van der Waals surface area contributed by atoms with Crippen molar-refractivity contribution in [2.24, 2.45) is 11.8 Å². The third kappa shape index (κ3) is 5.21. The van der Waals surface area contributed by atoms with Gasteiger partial charge in [-0.15, -0.1) is 0 Å². The van der Waals surface area contributed by atoms with E-state index in [0.717, 1.165) is 18.5 Å². The fraction of sp³-hybridized carbons (Fsp3) is 0.526. The predicted molar refractivity (Wildman–Crippen MR) is 96.8 cm³/mol. The molecule has 0 saturated carbocycles. The molecule has 1 saturated heterocycles. The first kappa shape index (κ1) is 18.8. The molecule has 134 valence electrons. The molecule has 3 amide bonds. The lowest BCUT2D eigenvalue weighted by molar-refractivity contribution is -0.131. The summed E-state index contributed by atoms with van der Waals surface area (Å²) < 4.78 is 0. The van der Waals surface area contributed by atoms with Crippen LogP contribution in [0.5, 0.6) is 0 Å². The summed E-state index contributed by atoms with van der Waals surface area (Å²) in [6.45, 7) is 3.53. The fourth-order valence-electron chi connectivity index (χ4n) is 3.29. The molecule has 1 heterocycles. The summed E-state index contributed by atoms with van der Waals surface area (Å²) in [5, 5.41) is 11.6. The zero-order valence-electron chi connectivity index (χ0n) is 14.9. The van der Waals surface area contributed by atoms with Crippen LogP contribution in [0.1, 0.15) is 26.2 Å². The molecule has 6 heteroatoms. The largest absolute Gasteiger partial charge is 0.332 e. The molecule has 0 unspecified atom stereocenters. The number of nitrogens with zero attached hydrogens (tertiary/aromatic N) is 3. The zero-order valence-corrected chi connectivity index (χ0v) is 14.9. The molecule has 0 bridgehead atoms. The van der Waals surface area contributed by atoms with Gasteiger partial charge in [-0.1, -0.05) is 31.5 Å². The second-order valence-corrected chi connectivity index (χ2v) is 6.57. The van der Waals surface area contributed by atoms with Crippen LogP contribution in [0, 0.1) is 23.2 Å². The number of amides is 3. The second kappa shape index (κ2) is 9.07. The van der Waals surface area contributed by atoms with E-state index in [1.807, 2.05) is 41.3 Å². The summed E-state index contributed by atoms with van der Waals surface area (Å²) in [5.41, 5.74) is 0.788. The molecule has 1 aromatic carbocycles.